The molecule has 0 radical (unpaired) electrons. The molecule has 0 spiro atoms. The van der Waals surface area contributed by atoms with Crippen LogP contribution in [0.15, 0.2) is 21.9 Å². The van der Waals surface area contributed by atoms with E-state index >= 15 is 0 Å². The van der Waals surface area contributed by atoms with Crippen molar-refractivity contribution in [3.63, 3.8) is 0 Å². The quantitative estimate of drug-likeness (QED) is 0.929. The number of nitrogens with two attached hydrogens (primary N) is 1. The number of aromatic nitrogens is 2. The van der Waals surface area contributed by atoms with Crippen molar-refractivity contribution in [3.05, 3.63) is 23.4 Å². The zero-order valence-electron chi connectivity index (χ0n) is 11.0. The van der Waals surface area contributed by atoms with Gasteiger partial charge in [0, 0.05) is 12.6 Å². The van der Waals surface area contributed by atoms with Crippen LogP contribution in [0.2, 0.25) is 0 Å². The normalized spacial score (nSPS) is 24.7. The van der Waals surface area contributed by atoms with Crippen molar-refractivity contribution in [1.82, 2.24) is 15.1 Å². The van der Waals surface area contributed by atoms with E-state index in [0.29, 0.717) is 24.2 Å². The van der Waals surface area contributed by atoms with Crippen molar-refractivity contribution in [3.8, 4) is 10.8 Å². The number of likely N-dealkylation sites (tertiary alicyclic amines) is 1. The van der Waals surface area contributed by atoms with Gasteiger partial charge in [0.25, 0.3) is 5.89 Å². The van der Waals surface area contributed by atoms with Crippen molar-refractivity contribution in [1.29, 1.82) is 0 Å². The Morgan fingerprint density at radius 2 is 2.42 bits per heavy atom. The smallest absolute Gasteiger partial charge is 0.257 e. The van der Waals surface area contributed by atoms with Crippen LogP contribution in [0, 0.1) is 5.92 Å². The first-order valence-electron chi connectivity index (χ1n) is 6.56. The van der Waals surface area contributed by atoms with Crippen LogP contribution in [0.1, 0.15) is 19.2 Å². The molecule has 3 rings (SSSR count). The van der Waals surface area contributed by atoms with Crippen molar-refractivity contribution < 1.29 is 4.42 Å². The van der Waals surface area contributed by atoms with Crippen LogP contribution in [0.4, 0.5) is 0 Å². The predicted molar refractivity (Wildman–Crippen MR) is 74.6 cm³/mol. The Bertz CT molecular complexity index is 524. The first-order valence-corrected chi connectivity index (χ1v) is 7.44. The molecule has 1 fully saturated rings. The summed E-state index contributed by atoms with van der Waals surface area (Å²) < 4.78 is 5.70. The molecule has 2 unspecified atom stereocenters. The van der Waals surface area contributed by atoms with Crippen LogP contribution in [0.3, 0.4) is 0 Å². The molecular weight excluding hydrogens is 260 g/mol. The first-order chi connectivity index (χ1) is 9.22. The van der Waals surface area contributed by atoms with Gasteiger partial charge < -0.3 is 10.2 Å². The summed E-state index contributed by atoms with van der Waals surface area (Å²) >= 11 is 1.61. The number of thiophene rings is 1. The lowest BCUT2D eigenvalue weighted by molar-refractivity contribution is 0.150. The fourth-order valence-electron chi connectivity index (χ4n) is 2.32. The second kappa shape index (κ2) is 5.40. The van der Waals surface area contributed by atoms with Gasteiger partial charge in [0.1, 0.15) is 0 Å². The lowest BCUT2D eigenvalue weighted by Gasteiger charge is -2.34. The van der Waals surface area contributed by atoms with Crippen molar-refractivity contribution >= 4 is 11.3 Å². The topological polar surface area (TPSA) is 68.2 Å². The van der Waals surface area contributed by atoms with E-state index < -0.39 is 0 Å². The zero-order chi connectivity index (χ0) is 13.2. The maximum Gasteiger partial charge on any atom is 0.257 e. The van der Waals surface area contributed by atoms with E-state index in [2.05, 4.69) is 22.0 Å². The van der Waals surface area contributed by atoms with Gasteiger partial charge in [-0.3, -0.25) is 4.90 Å². The van der Waals surface area contributed by atoms with Crippen LogP contribution in [-0.2, 0) is 6.54 Å². The van der Waals surface area contributed by atoms with E-state index in [1.54, 1.807) is 11.3 Å². The third-order valence-corrected chi connectivity index (χ3v) is 4.52. The van der Waals surface area contributed by atoms with E-state index in [1.807, 2.05) is 17.5 Å². The Hall–Kier alpha value is -1.24. The molecule has 0 bridgehead atoms. The average molecular weight is 278 g/mol. The van der Waals surface area contributed by atoms with Gasteiger partial charge in [-0.2, -0.15) is 0 Å². The van der Waals surface area contributed by atoms with Crippen LogP contribution in [0.25, 0.3) is 10.8 Å². The van der Waals surface area contributed by atoms with Crippen molar-refractivity contribution in [2.75, 3.05) is 13.1 Å². The second-order valence-corrected chi connectivity index (χ2v) is 6.09. The highest BCUT2D eigenvalue weighted by molar-refractivity contribution is 7.13. The Morgan fingerprint density at radius 3 is 3.16 bits per heavy atom. The van der Waals surface area contributed by atoms with Crippen LogP contribution >= 0.6 is 11.3 Å². The summed E-state index contributed by atoms with van der Waals surface area (Å²) in [5, 5.41) is 10.2. The molecule has 2 aromatic heterocycles. The minimum Gasteiger partial charge on any atom is -0.419 e. The molecule has 5 nitrogen and oxygen atoms in total. The van der Waals surface area contributed by atoms with Gasteiger partial charge in [-0.25, -0.2) is 0 Å². The van der Waals surface area contributed by atoms with Gasteiger partial charge in [0.15, 0.2) is 0 Å². The van der Waals surface area contributed by atoms with Gasteiger partial charge in [-0.15, -0.1) is 21.5 Å². The highest BCUT2D eigenvalue weighted by atomic mass is 32.1. The number of hydrogen-bond acceptors (Lipinski definition) is 6. The molecule has 6 heteroatoms. The molecule has 2 N–H and O–H groups in total. The summed E-state index contributed by atoms with van der Waals surface area (Å²) in [5.74, 6) is 1.88. The predicted octanol–water partition coefficient (Wildman–Crippen LogP) is 1.97. The average Bonchev–Trinajstić information content (AvgIpc) is 3.04. The molecular formula is C13H18N4OS. The Labute approximate surface area is 116 Å². The van der Waals surface area contributed by atoms with E-state index in [4.69, 9.17) is 10.2 Å². The third-order valence-electron chi connectivity index (χ3n) is 3.66. The van der Waals surface area contributed by atoms with Crippen LogP contribution in [0.5, 0.6) is 0 Å². The molecule has 0 amide bonds. The summed E-state index contributed by atoms with van der Waals surface area (Å²) in [6.45, 7) is 4.85. The largest absolute Gasteiger partial charge is 0.419 e. The molecule has 3 heterocycles. The maximum atomic E-state index is 6.10. The fourth-order valence-corrected chi connectivity index (χ4v) is 2.97. The monoisotopic (exact) mass is 278 g/mol. The molecule has 19 heavy (non-hydrogen) atoms. The highest BCUT2D eigenvalue weighted by Crippen LogP contribution is 2.24. The number of hydrogen-bond donors (Lipinski definition) is 1. The second-order valence-electron chi connectivity index (χ2n) is 5.14. The summed E-state index contributed by atoms with van der Waals surface area (Å²) in [7, 11) is 0. The van der Waals surface area contributed by atoms with Gasteiger partial charge in [-0.1, -0.05) is 13.0 Å². The fraction of sp³-hybridized carbons (Fsp3) is 0.538. The van der Waals surface area contributed by atoms with E-state index in [0.717, 1.165) is 24.4 Å². The Morgan fingerprint density at radius 1 is 1.53 bits per heavy atom. The number of piperidine rings is 1. The minimum atomic E-state index is 0.244. The summed E-state index contributed by atoms with van der Waals surface area (Å²) in [6, 6.07) is 4.21. The molecule has 102 valence electrons. The number of rotatable bonds is 3. The standard InChI is InChI=1S/C13H18N4OS/c1-9-4-5-17(7-10(9)14)8-12-15-16-13(18-12)11-3-2-6-19-11/h2-3,6,9-10H,4-5,7-8,14H2,1H3. The van der Waals surface area contributed by atoms with E-state index in [1.165, 1.54) is 0 Å². The molecule has 2 atom stereocenters. The summed E-state index contributed by atoms with van der Waals surface area (Å²) in [6.07, 6.45) is 1.13. The van der Waals surface area contributed by atoms with Gasteiger partial charge in [0.05, 0.1) is 11.4 Å². The minimum absolute atomic E-state index is 0.244. The Balaban J connectivity index is 1.64. The molecule has 2 aromatic rings. The first kappa shape index (κ1) is 12.8. The molecule has 0 aromatic carbocycles. The maximum absolute atomic E-state index is 6.10. The molecule has 1 aliphatic rings. The lowest BCUT2D eigenvalue weighted by atomic mass is 9.94. The molecule has 1 saturated heterocycles. The zero-order valence-corrected chi connectivity index (χ0v) is 11.8. The van der Waals surface area contributed by atoms with Crippen molar-refractivity contribution in [2.24, 2.45) is 11.7 Å². The van der Waals surface area contributed by atoms with Gasteiger partial charge in [-0.05, 0) is 30.3 Å². The van der Waals surface area contributed by atoms with Crippen LogP contribution in [-0.4, -0.2) is 34.2 Å². The summed E-state index contributed by atoms with van der Waals surface area (Å²) in [4.78, 5) is 3.30. The third kappa shape index (κ3) is 2.86. The summed E-state index contributed by atoms with van der Waals surface area (Å²) in [5.41, 5.74) is 6.10. The molecule has 1 aliphatic heterocycles. The van der Waals surface area contributed by atoms with Gasteiger partial charge >= 0.3 is 0 Å². The SMILES string of the molecule is CC1CCN(Cc2nnc(-c3cccs3)o2)CC1N. The molecule has 0 aliphatic carbocycles. The Kier molecular flexibility index (Phi) is 3.63. The van der Waals surface area contributed by atoms with E-state index in [-0.39, 0.29) is 6.04 Å². The lowest BCUT2D eigenvalue weighted by Crippen LogP contribution is -2.47. The molecule has 0 saturated carbocycles. The van der Waals surface area contributed by atoms with Crippen LogP contribution < -0.4 is 5.73 Å². The van der Waals surface area contributed by atoms with E-state index in [9.17, 15) is 0 Å². The number of nitrogens with zero attached hydrogens (tertiary/aromatic N) is 3. The van der Waals surface area contributed by atoms with Gasteiger partial charge in [0.2, 0.25) is 5.89 Å². The highest BCUT2D eigenvalue weighted by Gasteiger charge is 2.24. The van der Waals surface area contributed by atoms with Crippen molar-refractivity contribution in [2.45, 2.75) is 25.9 Å².